The van der Waals surface area contributed by atoms with Gasteiger partial charge in [-0.25, -0.2) is 88.3 Å². The van der Waals surface area contributed by atoms with E-state index in [1.165, 1.54) is 66.7 Å². The molecule has 145 heavy (non-hydrogen) atoms. The Morgan fingerprint density at radius 2 is 0.559 bits per heavy atom. The van der Waals surface area contributed by atoms with Gasteiger partial charge in [0.25, 0.3) is 50.1 Å². The summed E-state index contributed by atoms with van der Waals surface area (Å²) in [4.78, 5) is 8.26. The van der Waals surface area contributed by atoms with Gasteiger partial charge in [-0.15, -0.1) is 0 Å². The Bertz CT molecular complexity index is 9490. The Morgan fingerprint density at radius 3 is 0.897 bits per heavy atom. The fraction of sp³-hybridized carbons (Fsp3) is 0. The average molecular weight is 2150 g/mol. The monoisotopic (exact) mass is 2140 g/mol. The SMILES string of the molecule is N#Cc1cc(Cl)c(O)c(S(=O)(=O)n2c(-c3ccccc3)cc3cc(Cl)ccc32)c1.N#Cc1ccc2c(c1)cc(-c1cccc(F)c1)n2S(=O)(=O)c1cc(F)cc(F)c1O.N#Cc1ccc2c(c1)cc(-c1ccccc1)n2S(=O)(=O)c1cc(F)cc(F)c1O.NC(=O)c1cc(Cl)c(O)c(S(=O)(=O)n2c(-c3ccccc3)cc3cc(Cl)ccc32)c1.O=S(=O)(c1cc(F)ccc1O)n1c(-c2ccccc2)cc2cc(Cl)ccc21. The van der Waals surface area contributed by atoms with E-state index in [4.69, 9.17) is 74.3 Å². The number of carbonyl (C=O) groups excluding carboxylic acids is 1. The van der Waals surface area contributed by atoms with E-state index in [-0.39, 0.29) is 54.7 Å². The van der Waals surface area contributed by atoms with Gasteiger partial charge in [0.2, 0.25) is 5.91 Å². The van der Waals surface area contributed by atoms with Crippen LogP contribution in [0.25, 0.3) is 111 Å². The third kappa shape index (κ3) is 20.0. The quantitative estimate of drug-likeness (QED) is 0.0489. The van der Waals surface area contributed by atoms with Crippen LogP contribution < -0.4 is 5.73 Å². The van der Waals surface area contributed by atoms with Crippen LogP contribution in [0.1, 0.15) is 27.0 Å². The summed E-state index contributed by atoms with van der Waals surface area (Å²) in [6.45, 7) is 0. The minimum absolute atomic E-state index is 0.0105. The molecule has 0 bridgehead atoms. The molecule has 41 heteroatoms. The Labute approximate surface area is 845 Å². The maximum atomic E-state index is 13.9. The number of amides is 1. The van der Waals surface area contributed by atoms with Gasteiger partial charge in [-0.05, 0) is 210 Å². The lowest BCUT2D eigenvalue weighted by Gasteiger charge is -2.15. The van der Waals surface area contributed by atoms with Crippen LogP contribution in [0, 0.1) is 68.9 Å². The number of nitrogens with two attached hydrogens (primary N) is 1. The maximum Gasteiger partial charge on any atom is 0.272 e. The van der Waals surface area contributed by atoms with Gasteiger partial charge in [0, 0.05) is 65.3 Å². The minimum atomic E-state index is -4.73. The predicted molar refractivity (Wildman–Crippen MR) is 538 cm³/mol. The van der Waals surface area contributed by atoms with E-state index in [9.17, 15) is 104 Å². The number of carbonyl (C=O) groups is 1. The molecule has 7 N–H and O–H groups in total. The summed E-state index contributed by atoms with van der Waals surface area (Å²) >= 11 is 30.2. The van der Waals surface area contributed by atoms with Gasteiger partial charge in [-0.2, -0.15) is 15.8 Å². The van der Waals surface area contributed by atoms with Crippen molar-refractivity contribution in [2.45, 2.75) is 24.5 Å². The summed E-state index contributed by atoms with van der Waals surface area (Å²) < 4.78 is 223. The van der Waals surface area contributed by atoms with Crippen LogP contribution in [-0.4, -0.2) is 93.4 Å². The number of phenols is 5. The van der Waals surface area contributed by atoms with E-state index in [2.05, 4.69) is 0 Å². The molecule has 0 saturated carbocycles. The van der Waals surface area contributed by atoms with Crippen molar-refractivity contribution in [3.8, 4) is 103 Å². The normalized spacial score (nSPS) is 11.6. The fourth-order valence-electron chi connectivity index (χ4n) is 15.8. The Balaban J connectivity index is 0.000000130. The van der Waals surface area contributed by atoms with Crippen LogP contribution in [0.2, 0.25) is 25.1 Å². The van der Waals surface area contributed by atoms with Crippen molar-refractivity contribution in [1.29, 1.82) is 15.8 Å². The molecule has 0 unspecified atom stereocenters. The summed E-state index contributed by atoms with van der Waals surface area (Å²) in [5, 5.41) is 81.7. The lowest BCUT2D eigenvalue weighted by molar-refractivity contribution is 0.0999. The Morgan fingerprint density at radius 1 is 0.269 bits per heavy atom. The molecule has 20 rings (SSSR count). The van der Waals surface area contributed by atoms with E-state index in [0.717, 1.165) is 62.3 Å². The number of aromatic hydroxyl groups is 5. The van der Waals surface area contributed by atoms with Gasteiger partial charge in [-0.1, -0.05) is 191 Å². The van der Waals surface area contributed by atoms with Crippen LogP contribution in [0.3, 0.4) is 0 Å². The second kappa shape index (κ2) is 40.6. The lowest BCUT2D eigenvalue weighted by atomic mass is 10.1. The zero-order chi connectivity index (χ0) is 104. The number of nitrogens with zero attached hydrogens (tertiary/aromatic N) is 8. The molecule has 0 atom stereocenters. The topological polar surface area (TPSA) is 411 Å². The number of phenolic OH excluding ortho intramolecular Hbond substituents is 5. The highest BCUT2D eigenvalue weighted by molar-refractivity contribution is 7.91. The van der Waals surface area contributed by atoms with Crippen LogP contribution in [0.15, 0.2) is 358 Å². The number of rotatable bonds is 16. The van der Waals surface area contributed by atoms with Crippen molar-refractivity contribution in [2.24, 2.45) is 5.73 Å². The second-order valence-electron chi connectivity index (χ2n) is 31.5. The molecule has 20 aromatic rings. The summed E-state index contributed by atoms with van der Waals surface area (Å²) in [5.41, 5.74) is 11.1. The molecule has 0 aliphatic rings. The number of primary amides is 1. The highest BCUT2D eigenvalue weighted by Crippen LogP contribution is 2.46. The molecule has 5 aromatic heterocycles. The number of hydrogen-bond acceptors (Lipinski definition) is 19. The third-order valence-corrected chi connectivity index (χ3v) is 32.3. The van der Waals surface area contributed by atoms with Crippen molar-refractivity contribution in [3.63, 3.8) is 0 Å². The number of halogens is 11. The third-order valence-electron chi connectivity index (χ3n) is 22.3. The number of aromatic nitrogens is 5. The number of hydrogen-bond donors (Lipinski definition) is 6. The lowest BCUT2D eigenvalue weighted by Crippen LogP contribution is -2.17. The summed E-state index contributed by atoms with van der Waals surface area (Å²) in [6, 6.07) is 86.3. The molecule has 1 amide bonds. The van der Waals surface area contributed by atoms with E-state index in [1.54, 1.807) is 182 Å². The van der Waals surface area contributed by atoms with E-state index < -0.39 is 144 Å². The molecule has 0 aliphatic carbocycles. The van der Waals surface area contributed by atoms with Gasteiger partial charge in [0.15, 0.2) is 34.6 Å². The number of benzene rings is 15. The fourth-order valence-corrected chi connectivity index (χ4v) is 25.1. The average Bonchev–Trinajstić information content (AvgIpc) is 1.66. The summed E-state index contributed by atoms with van der Waals surface area (Å²) in [5.74, 6) is -11.6. The van der Waals surface area contributed by atoms with Crippen LogP contribution in [0.5, 0.6) is 28.7 Å². The zero-order valence-corrected chi connectivity index (χ0v) is 81.2. The Hall–Kier alpha value is -16.3. The van der Waals surface area contributed by atoms with Gasteiger partial charge < -0.3 is 31.3 Å². The first-order chi connectivity index (χ1) is 68.9. The molecule has 25 nitrogen and oxygen atoms in total. The molecule has 15 aromatic carbocycles. The zero-order valence-electron chi connectivity index (χ0n) is 73.3. The van der Waals surface area contributed by atoms with Gasteiger partial charge in [-0.3, -0.25) is 4.79 Å². The highest BCUT2D eigenvalue weighted by atomic mass is 35.5. The maximum absolute atomic E-state index is 13.9. The molecule has 0 saturated heterocycles. The van der Waals surface area contributed by atoms with Gasteiger partial charge >= 0.3 is 0 Å². The smallest absolute Gasteiger partial charge is 0.272 e. The molecule has 0 fully saturated rings. The molecular formula is C104H62Cl5F6N9O16S5. The van der Waals surface area contributed by atoms with Crippen molar-refractivity contribution in [2.75, 3.05) is 0 Å². The minimum Gasteiger partial charge on any atom is -0.507 e. The van der Waals surface area contributed by atoms with E-state index >= 15 is 0 Å². The van der Waals surface area contributed by atoms with Crippen LogP contribution in [-0.2, 0) is 50.1 Å². The molecule has 0 aliphatic heterocycles. The molecule has 0 spiro atoms. The van der Waals surface area contributed by atoms with Crippen molar-refractivity contribution in [1.82, 2.24) is 19.9 Å². The number of nitriles is 3. The molecule has 0 radical (unpaired) electrons. The van der Waals surface area contributed by atoms with Crippen molar-refractivity contribution >= 4 is 169 Å². The van der Waals surface area contributed by atoms with Crippen LogP contribution >= 0.6 is 58.0 Å². The molecular weight excluding hydrogens is 2080 g/mol. The largest absolute Gasteiger partial charge is 0.507 e. The standard InChI is InChI=1S/C21H14Cl2N2O4S.C21H12Cl2N2O3S.C21H11F3N2O3S.C21H12F2N2O3S.C20H13ClFNO3S/c22-15-6-7-17-13(8-15)10-18(12-4-2-1-3-5-12)25(17)30(28,29)19-11-14(21(24)27)9-16(23)20(19)26;22-16-6-7-18-15(10-16)11-19(14-4-2-1-3-5-14)25(18)29(27,28)20-9-13(12-24)8-17(23)21(20)26;22-15-3-1-2-13(7-15)19-8-14-6-12(11-25)4-5-18(14)26(19)30(28,29)20-10-16(23)9-17(24)21(20)27;22-16-10-17(23)21(26)20(11-16)29(27,28)25-18-7-6-13(12-24)8-15(18)9-19(25)14-4-2-1-3-5-14;21-15-6-8-17-14(10-15)11-18(13-4-2-1-3-5-13)23(17)27(25,26)20-12-16(22)7-9-19(20)24/h1-11,26H,(H2,24,27);1-11,26H;1-10,27H;1-11,26H;1-12,24H. The van der Waals surface area contributed by atoms with E-state index in [1.807, 2.05) is 36.4 Å². The molecule has 5 heterocycles. The Kier molecular flexibility index (Phi) is 28.5. The van der Waals surface area contributed by atoms with E-state index in [0.29, 0.717) is 128 Å². The second-order valence-corrected chi connectivity index (χ2v) is 42.4. The first-order valence-electron chi connectivity index (χ1n) is 41.8. The van der Waals surface area contributed by atoms with Crippen LogP contribution in [0.4, 0.5) is 26.3 Å². The molecule has 726 valence electrons. The van der Waals surface area contributed by atoms with Crippen molar-refractivity contribution in [3.05, 3.63) is 416 Å². The van der Waals surface area contributed by atoms with Gasteiger partial charge in [0.05, 0.1) is 101 Å². The van der Waals surface area contributed by atoms with Crippen molar-refractivity contribution < 1.29 is 98.8 Å². The summed E-state index contributed by atoms with van der Waals surface area (Å²) in [6.07, 6.45) is 0. The summed E-state index contributed by atoms with van der Waals surface area (Å²) in [7, 11) is -22.3. The predicted octanol–water partition coefficient (Wildman–Crippen LogP) is 24.1. The van der Waals surface area contributed by atoms with Gasteiger partial charge in [0.1, 0.15) is 53.5 Å². The first-order valence-corrected chi connectivity index (χ1v) is 50.9. The number of fused-ring (bicyclic) bond motifs is 5. The highest BCUT2D eigenvalue weighted by Gasteiger charge is 2.36. The first kappa shape index (κ1) is 102.